The van der Waals surface area contributed by atoms with E-state index in [9.17, 15) is 9.59 Å². The van der Waals surface area contributed by atoms with Gasteiger partial charge in [0, 0.05) is 31.1 Å². The van der Waals surface area contributed by atoms with Gasteiger partial charge in [0.25, 0.3) is 0 Å². The zero-order chi connectivity index (χ0) is 18.1. The van der Waals surface area contributed by atoms with Crippen molar-refractivity contribution >= 4 is 17.3 Å². The van der Waals surface area contributed by atoms with Crippen LogP contribution in [0, 0.1) is 0 Å². The van der Waals surface area contributed by atoms with E-state index in [-0.39, 0.29) is 11.8 Å². The molecule has 1 fully saturated rings. The van der Waals surface area contributed by atoms with E-state index in [0.29, 0.717) is 25.0 Å². The monoisotopic (exact) mass is 347 g/mol. The molecule has 2 aromatic rings. The molecule has 0 spiro atoms. The van der Waals surface area contributed by atoms with Crippen LogP contribution in [0.15, 0.2) is 54.6 Å². The van der Waals surface area contributed by atoms with Gasteiger partial charge in [0.05, 0.1) is 5.41 Å². The molecule has 2 atom stereocenters. The van der Waals surface area contributed by atoms with Crippen LogP contribution in [-0.2, 0) is 21.5 Å². The summed E-state index contributed by atoms with van der Waals surface area (Å²) in [5.41, 5.74) is 3.03. The highest BCUT2D eigenvalue weighted by atomic mass is 16.1. The van der Waals surface area contributed by atoms with Crippen LogP contribution in [0.25, 0.3) is 0 Å². The van der Waals surface area contributed by atoms with Crippen LogP contribution in [0.2, 0.25) is 0 Å². The number of fused-ring (bicyclic) bond motifs is 3. The van der Waals surface area contributed by atoms with Crippen molar-refractivity contribution in [3.8, 4) is 0 Å². The predicted molar refractivity (Wildman–Crippen MR) is 103 cm³/mol. The Morgan fingerprint density at radius 1 is 1.12 bits per heavy atom. The zero-order valence-electron chi connectivity index (χ0n) is 15.3. The number of rotatable bonds is 5. The molecular formula is C23H25NO2. The van der Waals surface area contributed by atoms with E-state index >= 15 is 0 Å². The van der Waals surface area contributed by atoms with Gasteiger partial charge in [-0.05, 0) is 43.4 Å². The normalized spacial score (nSPS) is 24.3. The molecule has 0 aromatic heterocycles. The van der Waals surface area contributed by atoms with Crippen LogP contribution >= 0.6 is 0 Å². The molecule has 4 rings (SSSR count). The number of carbonyl (C=O) groups is 2. The van der Waals surface area contributed by atoms with Gasteiger partial charge in [-0.2, -0.15) is 0 Å². The molecule has 0 amide bonds. The van der Waals surface area contributed by atoms with E-state index in [4.69, 9.17) is 0 Å². The summed E-state index contributed by atoms with van der Waals surface area (Å²) < 4.78 is 0. The first-order valence-electron chi connectivity index (χ1n) is 9.56. The largest absolute Gasteiger partial charge is 0.363 e. The van der Waals surface area contributed by atoms with Crippen molar-refractivity contribution in [1.82, 2.24) is 0 Å². The molecule has 3 heteroatoms. The first kappa shape index (κ1) is 17.0. The van der Waals surface area contributed by atoms with Crippen LogP contribution in [-0.4, -0.2) is 17.6 Å². The fourth-order valence-corrected chi connectivity index (χ4v) is 4.92. The molecule has 1 heterocycles. The maximum absolute atomic E-state index is 13.2. The molecule has 3 nitrogen and oxygen atoms in total. The fraction of sp³-hybridized carbons (Fsp3) is 0.391. The topological polar surface area (TPSA) is 37.4 Å². The van der Waals surface area contributed by atoms with E-state index in [2.05, 4.69) is 47.4 Å². The molecular weight excluding hydrogens is 322 g/mol. The third-order valence-corrected chi connectivity index (χ3v) is 6.09. The number of nitrogens with zero attached hydrogens (tertiary/aromatic N) is 1. The van der Waals surface area contributed by atoms with Gasteiger partial charge in [-0.1, -0.05) is 48.5 Å². The smallest absolute Gasteiger partial charge is 0.145 e. The second kappa shape index (κ2) is 6.71. The molecule has 2 aliphatic rings. The minimum atomic E-state index is -0.519. The van der Waals surface area contributed by atoms with Crippen molar-refractivity contribution in [2.45, 2.75) is 57.0 Å². The number of ketones is 2. The highest BCUT2D eigenvalue weighted by Gasteiger charge is 2.56. The van der Waals surface area contributed by atoms with Gasteiger partial charge in [0.1, 0.15) is 11.6 Å². The van der Waals surface area contributed by atoms with E-state index in [1.165, 1.54) is 11.3 Å². The van der Waals surface area contributed by atoms with Crippen LogP contribution < -0.4 is 4.90 Å². The van der Waals surface area contributed by atoms with Gasteiger partial charge < -0.3 is 9.69 Å². The molecule has 0 radical (unpaired) electrons. The Morgan fingerprint density at radius 3 is 2.62 bits per heavy atom. The van der Waals surface area contributed by atoms with E-state index in [0.717, 1.165) is 24.9 Å². The minimum absolute atomic E-state index is 0.153. The molecule has 0 unspecified atom stereocenters. The fourth-order valence-electron chi connectivity index (χ4n) is 4.92. The van der Waals surface area contributed by atoms with Crippen molar-refractivity contribution in [2.75, 3.05) is 4.90 Å². The number of carbonyl (C=O) groups excluding carboxylic acids is 2. The summed E-state index contributed by atoms with van der Waals surface area (Å²) in [4.78, 5) is 27.4. The van der Waals surface area contributed by atoms with Crippen LogP contribution in [0.1, 0.15) is 50.2 Å². The standard InChI is InChI=1S/C23H25NO2/c1-17(25)14-15-23-19-10-5-6-11-20(19)24(16-18-8-3-2-4-9-18)21(23)12-7-13-22(23)26/h2-6,8-11,21H,7,12-16H2,1H3/t21-,23-/m1/s1. The molecule has 0 N–H and O–H groups in total. The average molecular weight is 347 g/mol. The lowest BCUT2D eigenvalue weighted by molar-refractivity contribution is -0.127. The summed E-state index contributed by atoms with van der Waals surface area (Å²) in [7, 11) is 0. The molecule has 1 aliphatic heterocycles. The summed E-state index contributed by atoms with van der Waals surface area (Å²) in [6, 6.07) is 18.9. The molecule has 0 bridgehead atoms. The van der Waals surface area contributed by atoms with Crippen molar-refractivity contribution in [3.63, 3.8) is 0 Å². The van der Waals surface area contributed by atoms with Gasteiger partial charge in [-0.25, -0.2) is 0 Å². The second-order valence-electron chi connectivity index (χ2n) is 7.64. The van der Waals surface area contributed by atoms with Gasteiger partial charge in [-0.3, -0.25) is 4.79 Å². The van der Waals surface area contributed by atoms with E-state index < -0.39 is 5.41 Å². The molecule has 1 saturated carbocycles. The maximum Gasteiger partial charge on any atom is 0.145 e. The van der Waals surface area contributed by atoms with Crippen LogP contribution in [0.3, 0.4) is 0 Å². The third-order valence-electron chi connectivity index (χ3n) is 6.09. The second-order valence-corrected chi connectivity index (χ2v) is 7.64. The third kappa shape index (κ3) is 2.66. The Morgan fingerprint density at radius 2 is 1.85 bits per heavy atom. The Kier molecular flexibility index (Phi) is 4.39. The summed E-state index contributed by atoms with van der Waals surface area (Å²) in [5.74, 6) is 0.480. The number of para-hydroxylation sites is 1. The molecule has 1 aliphatic carbocycles. The Balaban J connectivity index is 1.80. The quantitative estimate of drug-likeness (QED) is 0.803. The number of hydrogen-bond donors (Lipinski definition) is 0. The Labute approximate surface area is 155 Å². The van der Waals surface area contributed by atoms with Crippen molar-refractivity contribution in [2.24, 2.45) is 0 Å². The first-order chi connectivity index (χ1) is 12.6. The summed E-state index contributed by atoms with van der Waals surface area (Å²) in [5, 5.41) is 0. The van der Waals surface area contributed by atoms with Crippen LogP contribution in [0.4, 0.5) is 5.69 Å². The lowest BCUT2D eigenvalue weighted by atomic mass is 9.64. The van der Waals surface area contributed by atoms with Gasteiger partial charge in [-0.15, -0.1) is 0 Å². The number of anilines is 1. The molecule has 26 heavy (non-hydrogen) atoms. The molecule has 2 aromatic carbocycles. The van der Waals surface area contributed by atoms with Crippen molar-refractivity contribution in [1.29, 1.82) is 0 Å². The summed E-state index contributed by atoms with van der Waals surface area (Å²) in [6.45, 7) is 2.43. The number of benzene rings is 2. The first-order valence-corrected chi connectivity index (χ1v) is 9.56. The lowest BCUT2D eigenvalue weighted by Crippen LogP contribution is -2.52. The maximum atomic E-state index is 13.2. The van der Waals surface area contributed by atoms with Gasteiger partial charge in [0.15, 0.2) is 0 Å². The molecule has 0 saturated heterocycles. The van der Waals surface area contributed by atoms with Crippen molar-refractivity contribution < 1.29 is 9.59 Å². The summed E-state index contributed by atoms with van der Waals surface area (Å²) >= 11 is 0. The van der Waals surface area contributed by atoms with E-state index in [1.54, 1.807) is 6.92 Å². The summed E-state index contributed by atoms with van der Waals surface area (Å²) in [6.07, 6.45) is 3.67. The van der Waals surface area contributed by atoms with Crippen LogP contribution in [0.5, 0.6) is 0 Å². The highest BCUT2D eigenvalue weighted by Crippen LogP contribution is 2.53. The number of hydrogen-bond acceptors (Lipinski definition) is 3. The Hall–Kier alpha value is -2.42. The lowest BCUT2D eigenvalue weighted by Gasteiger charge is -2.42. The minimum Gasteiger partial charge on any atom is -0.363 e. The van der Waals surface area contributed by atoms with E-state index in [1.807, 2.05) is 12.1 Å². The SMILES string of the molecule is CC(=O)CC[C@]12C(=O)CCC[C@H]1N(Cc1ccccc1)c1ccccc12. The zero-order valence-corrected chi connectivity index (χ0v) is 15.3. The van der Waals surface area contributed by atoms with Gasteiger partial charge >= 0.3 is 0 Å². The van der Waals surface area contributed by atoms with Gasteiger partial charge in [0.2, 0.25) is 0 Å². The number of Topliss-reactive ketones (excluding diaryl/α,β-unsaturated/α-hetero) is 2. The van der Waals surface area contributed by atoms with Crippen molar-refractivity contribution in [3.05, 3.63) is 65.7 Å². The highest BCUT2D eigenvalue weighted by molar-refractivity contribution is 5.97. The average Bonchev–Trinajstić information content (AvgIpc) is 2.93. The Bertz CT molecular complexity index is 829. The predicted octanol–water partition coefficient (Wildman–Crippen LogP) is 4.44. The molecule has 134 valence electrons.